The zero-order valence-electron chi connectivity index (χ0n) is 17.2. The third-order valence-corrected chi connectivity index (χ3v) is 6.39. The quantitative estimate of drug-likeness (QED) is 0.732. The highest BCUT2D eigenvalue weighted by molar-refractivity contribution is 5.94. The Kier molecular flexibility index (Phi) is 6.04. The number of hydrogen-bond acceptors (Lipinski definition) is 3. The number of benzene rings is 2. The molecule has 0 N–H and O–H groups in total. The number of piperidine rings is 1. The van der Waals surface area contributed by atoms with E-state index in [1.54, 1.807) is 11.0 Å². The minimum atomic E-state index is -0.531. The van der Waals surface area contributed by atoms with Crippen molar-refractivity contribution in [3.05, 3.63) is 65.2 Å². The molecule has 4 rings (SSSR count). The average molecular weight is 415 g/mol. The molecular formula is C24H27F2NO3. The highest BCUT2D eigenvalue weighted by Gasteiger charge is 2.41. The SMILES string of the molecule is COc1ccc(C(=O)N2CCC3(CC2)CC(Cc2ccc(F)cc2)CCO3)cc1F. The fraction of sp³-hybridized carbons (Fsp3) is 0.458. The minimum Gasteiger partial charge on any atom is -0.494 e. The number of carbonyl (C=O) groups is 1. The van der Waals surface area contributed by atoms with E-state index in [4.69, 9.17) is 9.47 Å². The second-order valence-electron chi connectivity index (χ2n) is 8.36. The lowest BCUT2D eigenvalue weighted by Gasteiger charge is -2.46. The molecule has 2 fully saturated rings. The molecule has 2 aromatic carbocycles. The van der Waals surface area contributed by atoms with Gasteiger partial charge in [0.05, 0.1) is 12.7 Å². The number of halogens is 2. The van der Waals surface area contributed by atoms with Crippen molar-refractivity contribution in [2.24, 2.45) is 5.92 Å². The summed E-state index contributed by atoms with van der Waals surface area (Å²) in [6, 6.07) is 11.1. The normalized spacial score (nSPS) is 20.9. The second-order valence-corrected chi connectivity index (χ2v) is 8.36. The van der Waals surface area contributed by atoms with Crippen molar-refractivity contribution in [3.8, 4) is 5.75 Å². The zero-order chi connectivity index (χ0) is 21.1. The molecule has 160 valence electrons. The van der Waals surface area contributed by atoms with E-state index in [1.165, 1.54) is 31.4 Å². The van der Waals surface area contributed by atoms with Gasteiger partial charge >= 0.3 is 0 Å². The zero-order valence-corrected chi connectivity index (χ0v) is 17.2. The van der Waals surface area contributed by atoms with Crippen LogP contribution in [0.3, 0.4) is 0 Å². The number of hydrogen-bond donors (Lipinski definition) is 0. The van der Waals surface area contributed by atoms with Crippen molar-refractivity contribution in [1.29, 1.82) is 0 Å². The lowest BCUT2D eigenvalue weighted by molar-refractivity contribution is -0.123. The summed E-state index contributed by atoms with van der Waals surface area (Å²) in [5, 5.41) is 0. The molecule has 1 unspecified atom stereocenters. The van der Waals surface area contributed by atoms with Crippen LogP contribution in [0.1, 0.15) is 41.6 Å². The first-order valence-electron chi connectivity index (χ1n) is 10.5. The fourth-order valence-electron chi connectivity index (χ4n) is 4.71. The predicted octanol–water partition coefficient (Wildman–Crippen LogP) is 4.62. The van der Waals surface area contributed by atoms with Crippen molar-refractivity contribution in [2.75, 3.05) is 26.8 Å². The summed E-state index contributed by atoms with van der Waals surface area (Å²) in [5.74, 6) is -0.286. The summed E-state index contributed by atoms with van der Waals surface area (Å²) < 4.78 is 38.3. The molecule has 0 aliphatic carbocycles. The molecule has 0 aromatic heterocycles. The van der Waals surface area contributed by atoms with Gasteiger partial charge in [0.1, 0.15) is 5.82 Å². The third-order valence-electron chi connectivity index (χ3n) is 6.39. The maximum atomic E-state index is 14.0. The van der Waals surface area contributed by atoms with E-state index in [0.29, 0.717) is 31.2 Å². The molecule has 2 aliphatic heterocycles. The minimum absolute atomic E-state index is 0.131. The van der Waals surface area contributed by atoms with E-state index in [-0.39, 0.29) is 23.1 Å². The maximum Gasteiger partial charge on any atom is 0.253 e. The molecule has 6 heteroatoms. The van der Waals surface area contributed by atoms with Crippen LogP contribution in [0.25, 0.3) is 0 Å². The Labute approximate surface area is 175 Å². The van der Waals surface area contributed by atoms with Crippen LogP contribution in [0.15, 0.2) is 42.5 Å². The summed E-state index contributed by atoms with van der Waals surface area (Å²) in [4.78, 5) is 14.6. The van der Waals surface area contributed by atoms with Gasteiger partial charge in [-0.3, -0.25) is 4.79 Å². The van der Waals surface area contributed by atoms with Gasteiger partial charge in [-0.25, -0.2) is 8.78 Å². The van der Waals surface area contributed by atoms with Crippen LogP contribution in [0.4, 0.5) is 8.78 Å². The molecule has 30 heavy (non-hydrogen) atoms. The maximum absolute atomic E-state index is 14.0. The highest BCUT2D eigenvalue weighted by Crippen LogP contribution is 2.39. The van der Waals surface area contributed by atoms with Crippen molar-refractivity contribution in [3.63, 3.8) is 0 Å². The highest BCUT2D eigenvalue weighted by atomic mass is 19.1. The standard InChI is InChI=1S/C24H27F2NO3/c1-29-22-7-4-19(15-21(22)26)23(28)27-11-9-24(10-12-27)16-18(8-13-30-24)14-17-2-5-20(25)6-3-17/h2-7,15,18H,8-14,16H2,1H3. The molecular weight excluding hydrogens is 388 g/mol. The number of likely N-dealkylation sites (tertiary alicyclic amines) is 1. The molecule has 1 atom stereocenters. The Morgan fingerprint density at radius 3 is 2.57 bits per heavy atom. The van der Waals surface area contributed by atoms with Crippen LogP contribution in [0, 0.1) is 17.6 Å². The van der Waals surface area contributed by atoms with Crippen LogP contribution in [-0.4, -0.2) is 43.2 Å². The molecule has 4 nitrogen and oxygen atoms in total. The molecule has 0 saturated carbocycles. The monoisotopic (exact) mass is 415 g/mol. The Morgan fingerprint density at radius 1 is 1.17 bits per heavy atom. The van der Waals surface area contributed by atoms with Crippen molar-refractivity contribution < 1.29 is 23.0 Å². The molecule has 2 heterocycles. The third kappa shape index (κ3) is 4.48. The lowest BCUT2D eigenvalue weighted by Crippen LogP contribution is -2.51. The Hall–Kier alpha value is -2.47. The van der Waals surface area contributed by atoms with E-state index in [0.717, 1.165) is 37.7 Å². The average Bonchev–Trinajstić information content (AvgIpc) is 2.75. The largest absolute Gasteiger partial charge is 0.494 e. The number of carbonyl (C=O) groups excluding carboxylic acids is 1. The van der Waals surface area contributed by atoms with Gasteiger partial charge in [0.15, 0.2) is 11.6 Å². The second kappa shape index (κ2) is 8.72. The van der Waals surface area contributed by atoms with Crippen LogP contribution in [0.5, 0.6) is 5.75 Å². The van der Waals surface area contributed by atoms with E-state index in [2.05, 4.69) is 0 Å². The molecule has 1 spiro atoms. The Morgan fingerprint density at radius 2 is 1.90 bits per heavy atom. The number of amides is 1. The van der Waals surface area contributed by atoms with E-state index >= 15 is 0 Å². The van der Waals surface area contributed by atoms with Gasteiger partial charge in [-0.2, -0.15) is 0 Å². The van der Waals surface area contributed by atoms with Gasteiger partial charge < -0.3 is 14.4 Å². The Balaban J connectivity index is 1.36. The fourth-order valence-corrected chi connectivity index (χ4v) is 4.71. The summed E-state index contributed by atoms with van der Waals surface area (Å²) in [6.45, 7) is 1.90. The number of methoxy groups -OCH3 is 1. The number of rotatable bonds is 4. The van der Waals surface area contributed by atoms with Gasteiger partial charge in [-0.1, -0.05) is 12.1 Å². The summed E-state index contributed by atoms with van der Waals surface area (Å²) in [5.41, 5.74) is 1.28. The first-order valence-corrected chi connectivity index (χ1v) is 10.5. The summed E-state index contributed by atoms with van der Waals surface area (Å²) in [6.07, 6.45) is 4.41. The van der Waals surface area contributed by atoms with Crippen LogP contribution in [0.2, 0.25) is 0 Å². The molecule has 0 bridgehead atoms. The molecule has 2 saturated heterocycles. The van der Waals surface area contributed by atoms with E-state index in [1.807, 2.05) is 12.1 Å². The summed E-state index contributed by atoms with van der Waals surface area (Å²) in [7, 11) is 1.40. The topological polar surface area (TPSA) is 38.8 Å². The van der Waals surface area contributed by atoms with E-state index in [9.17, 15) is 13.6 Å². The van der Waals surface area contributed by atoms with Gasteiger partial charge in [0.2, 0.25) is 0 Å². The van der Waals surface area contributed by atoms with Crippen molar-refractivity contribution >= 4 is 5.91 Å². The molecule has 0 radical (unpaired) electrons. The predicted molar refractivity (Wildman–Crippen MR) is 110 cm³/mol. The lowest BCUT2D eigenvalue weighted by atomic mass is 9.77. The first kappa shape index (κ1) is 20.8. The number of nitrogens with zero attached hydrogens (tertiary/aromatic N) is 1. The van der Waals surface area contributed by atoms with Crippen LogP contribution < -0.4 is 4.74 Å². The van der Waals surface area contributed by atoms with Gasteiger partial charge in [-0.15, -0.1) is 0 Å². The Bertz CT molecular complexity index is 892. The molecule has 2 aliphatic rings. The van der Waals surface area contributed by atoms with Crippen LogP contribution in [-0.2, 0) is 11.2 Å². The van der Waals surface area contributed by atoms with Gasteiger partial charge in [-0.05, 0) is 73.9 Å². The van der Waals surface area contributed by atoms with Gasteiger partial charge in [0.25, 0.3) is 5.91 Å². The first-order chi connectivity index (χ1) is 14.5. The van der Waals surface area contributed by atoms with Crippen molar-refractivity contribution in [1.82, 2.24) is 4.90 Å². The molecule has 1 amide bonds. The van der Waals surface area contributed by atoms with E-state index < -0.39 is 5.82 Å². The van der Waals surface area contributed by atoms with Gasteiger partial charge in [0, 0.05) is 25.3 Å². The molecule has 2 aromatic rings. The smallest absolute Gasteiger partial charge is 0.253 e. The van der Waals surface area contributed by atoms with Crippen LogP contribution >= 0.6 is 0 Å². The number of ether oxygens (including phenoxy) is 2. The van der Waals surface area contributed by atoms with Crippen molar-refractivity contribution in [2.45, 2.75) is 37.7 Å². The summed E-state index contributed by atoms with van der Waals surface area (Å²) >= 11 is 0.